The predicted octanol–water partition coefficient (Wildman–Crippen LogP) is 2.19. The maximum Gasteiger partial charge on any atom is 0.216 e. The number of ether oxygens (including phenoxy) is 1. The van der Waals surface area contributed by atoms with Gasteiger partial charge in [0.15, 0.2) is 0 Å². The average molecular weight is 176 g/mol. The smallest absolute Gasteiger partial charge is 0.216 e. The third-order valence-electron chi connectivity index (χ3n) is 2.18. The van der Waals surface area contributed by atoms with Crippen molar-refractivity contribution in [3.63, 3.8) is 0 Å². The Labute approximate surface area is 76.8 Å². The van der Waals surface area contributed by atoms with Gasteiger partial charge in [-0.25, -0.2) is 4.98 Å². The van der Waals surface area contributed by atoms with E-state index >= 15 is 0 Å². The van der Waals surface area contributed by atoms with E-state index in [0.29, 0.717) is 5.88 Å². The number of H-pyrrole nitrogens is 1. The number of aromatic amines is 1. The van der Waals surface area contributed by atoms with Gasteiger partial charge in [-0.3, -0.25) is 0 Å². The molecular formula is C10H12N2O. The maximum atomic E-state index is 5.15. The van der Waals surface area contributed by atoms with Crippen LogP contribution >= 0.6 is 0 Å². The fraction of sp³-hybridized carbons (Fsp3) is 0.300. The van der Waals surface area contributed by atoms with E-state index in [9.17, 15) is 0 Å². The summed E-state index contributed by atoms with van der Waals surface area (Å²) in [6.45, 7) is 4.02. The summed E-state index contributed by atoms with van der Waals surface area (Å²) in [7, 11) is 1.64. The van der Waals surface area contributed by atoms with Crippen LogP contribution in [-0.2, 0) is 0 Å². The standard InChI is InChI=1S/C10H12N2O/c1-6-4-8-9(7(2)5-11-8)12-10(6)13-3/h4-5,11H,1-3H3. The molecule has 0 aromatic carbocycles. The lowest BCUT2D eigenvalue weighted by molar-refractivity contribution is 0.396. The largest absolute Gasteiger partial charge is 0.481 e. The Morgan fingerprint density at radius 2 is 2.08 bits per heavy atom. The first-order chi connectivity index (χ1) is 6.22. The molecule has 0 aliphatic heterocycles. The lowest BCUT2D eigenvalue weighted by Gasteiger charge is -2.02. The molecule has 0 fully saturated rings. The van der Waals surface area contributed by atoms with Crippen LogP contribution in [0.15, 0.2) is 12.3 Å². The van der Waals surface area contributed by atoms with Crippen molar-refractivity contribution in [2.24, 2.45) is 0 Å². The van der Waals surface area contributed by atoms with Crippen LogP contribution in [-0.4, -0.2) is 17.1 Å². The summed E-state index contributed by atoms with van der Waals surface area (Å²) in [6.07, 6.45) is 1.95. The zero-order chi connectivity index (χ0) is 9.42. The van der Waals surface area contributed by atoms with E-state index in [-0.39, 0.29) is 0 Å². The SMILES string of the molecule is COc1nc2c(C)c[nH]c2cc1C. The summed E-state index contributed by atoms with van der Waals surface area (Å²) in [4.78, 5) is 7.56. The van der Waals surface area contributed by atoms with Crippen LogP contribution in [0.2, 0.25) is 0 Å². The highest BCUT2D eigenvalue weighted by Gasteiger charge is 2.05. The van der Waals surface area contributed by atoms with E-state index in [1.165, 1.54) is 0 Å². The number of hydrogen-bond acceptors (Lipinski definition) is 2. The van der Waals surface area contributed by atoms with Gasteiger partial charge in [-0.1, -0.05) is 0 Å². The molecule has 1 N–H and O–H groups in total. The van der Waals surface area contributed by atoms with Crippen LogP contribution in [0.4, 0.5) is 0 Å². The summed E-state index contributed by atoms with van der Waals surface area (Å²) >= 11 is 0. The third kappa shape index (κ3) is 1.16. The maximum absolute atomic E-state index is 5.15. The van der Waals surface area contributed by atoms with E-state index in [2.05, 4.69) is 9.97 Å². The minimum Gasteiger partial charge on any atom is -0.481 e. The van der Waals surface area contributed by atoms with Gasteiger partial charge in [-0.2, -0.15) is 0 Å². The lowest BCUT2D eigenvalue weighted by Crippen LogP contribution is -1.91. The van der Waals surface area contributed by atoms with Crippen molar-refractivity contribution in [1.82, 2.24) is 9.97 Å². The van der Waals surface area contributed by atoms with Crippen molar-refractivity contribution in [2.75, 3.05) is 7.11 Å². The van der Waals surface area contributed by atoms with Crippen molar-refractivity contribution >= 4 is 11.0 Å². The minimum atomic E-state index is 0.704. The van der Waals surface area contributed by atoms with Crippen LogP contribution in [0, 0.1) is 13.8 Å². The Bertz CT molecular complexity index is 445. The molecule has 0 radical (unpaired) electrons. The van der Waals surface area contributed by atoms with Crippen LogP contribution in [0.25, 0.3) is 11.0 Å². The second kappa shape index (κ2) is 2.76. The molecule has 2 rings (SSSR count). The second-order valence-electron chi connectivity index (χ2n) is 3.18. The van der Waals surface area contributed by atoms with Crippen molar-refractivity contribution < 1.29 is 4.74 Å². The number of nitrogens with one attached hydrogen (secondary N) is 1. The van der Waals surface area contributed by atoms with E-state index in [1.54, 1.807) is 7.11 Å². The molecule has 0 unspecified atom stereocenters. The molecule has 13 heavy (non-hydrogen) atoms. The summed E-state index contributed by atoms with van der Waals surface area (Å²) in [5.74, 6) is 0.704. The van der Waals surface area contributed by atoms with E-state index in [4.69, 9.17) is 4.74 Å². The summed E-state index contributed by atoms with van der Waals surface area (Å²) < 4.78 is 5.15. The van der Waals surface area contributed by atoms with Crippen LogP contribution in [0.3, 0.4) is 0 Å². The molecular weight excluding hydrogens is 164 g/mol. The second-order valence-corrected chi connectivity index (χ2v) is 3.18. The molecule has 3 nitrogen and oxygen atoms in total. The van der Waals surface area contributed by atoms with Crippen molar-refractivity contribution in [3.05, 3.63) is 23.4 Å². The van der Waals surface area contributed by atoms with Gasteiger partial charge in [0.05, 0.1) is 18.1 Å². The monoisotopic (exact) mass is 176 g/mol. The molecule has 2 aromatic heterocycles. The first-order valence-corrected chi connectivity index (χ1v) is 4.21. The lowest BCUT2D eigenvalue weighted by atomic mass is 10.2. The Morgan fingerprint density at radius 1 is 1.31 bits per heavy atom. The zero-order valence-electron chi connectivity index (χ0n) is 8.01. The Kier molecular flexibility index (Phi) is 1.72. The fourth-order valence-electron chi connectivity index (χ4n) is 1.47. The van der Waals surface area contributed by atoms with E-state index in [1.807, 2.05) is 26.1 Å². The van der Waals surface area contributed by atoms with Crippen LogP contribution in [0.5, 0.6) is 5.88 Å². The summed E-state index contributed by atoms with van der Waals surface area (Å²) in [6, 6.07) is 2.05. The summed E-state index contributed by atoms with van der Waals surface area (Å²) in [5, 5.41) is 0. The number of aryl methyl sites for hydroxylation is 2. The highest BCUT2D eigenvalue weighted by atomic mass is 16.5. The Hall–Kier alpha value is -1.51. The molecule has 2 aromatic rings. The van der Waals surface area contributed by atoms with Crippen LogP contribution in [0.1, 0.15) is 11.1 Å². The van der Waals surface area contributed by atoms with Gasteiger partial charge in [0.1, 0.15) is 0 Å². The van der Waals surface area contributed by atoms with Gasteiger partial charge in [-0.05, 0) is 25.5 Å². The first-order valence-electron chi connectivity index (χ1n) is 4.21. The van der Waals surface area contributed by atoms with Crippen molar-refractivity contribution in [3.8, 4) is 5.88 Å². The summed E-state index contributed by atoms with van der Waals surface area (Å²) in [5.41, 5.74) is 4.25. The number of rotatable bonds is 1. The molecule has 0 saturated carbocycles. The number of hydrogen-bond donors (Lipinski definition) is 1. The van der Waals surface area contributed by atoms with E-state index in [0.717, 1.165) is 22.2 Å². The Balaban J connectivity index is 2.77. The molecule has 3 heteroatoms. The van der Waals surface area contributed by atoms with Crippen molar-refractivity contribution in [2.45, 2.75) is 13.8 Å². The molecule has 0 spiro atoms. The predicted molar refractivity (Wildman–Crippen MR) is 52.1 cm³/mol. The minimum absolute atomic E-state index is 0.704. The molecule has 0 aliphatic carbocycles. The number of nitrogens with zero attached hydrogens (tertiary/aromatic N) is 1. The van der Waals surface area contributed by atoms with Gasteiger partial charge in [0.2, 0.25) is 5.88 Å². The third-order valence-corrected chi connectivity index (χ3v) is 2.18. The number of pyridine rings is 1. The Morgan fingerprint density at radius 3 is 2.77 bits per heavy atom. The highest BCUT2D eigenvalue weighted by molar-refractivity contribution is 5.80. The molecule has 0 aliphatic rings. The zero-order valence-corrected chi connectivity index (χ0v) is 8.01. The number of aromatic nitrogens is 2. The van der Waals surface area contributed by atoms with Gasteiger partial charge in [0, 0.05) is 11.8 Å². The quantitative estimate of drug-likeness (QED) is 0.723. The fourth-order valence-corrected chi connectivity index (χ4v) is 1.47. The first kappa shape index (κ1) is 8.10. The molecule has 0 saturated heterocycles. The molecule has 2 heterocycles. The van der Waals surface area contributed by atoms with Crippen LogP contribution < -0.4 is 4.74 Å². The normalized spacial score (nSPS) is 10.7. The van der Waals surface area contributed by atoms with Gasteiger partial charge in [0.25, 0.3) is 0 Å². The van der Waals surface area contributed by atoms with Gasteiger partial charge >= 0.3 is 0 Å². The van der Waals surface area contributed by atoms with Gasteiger partial charge < -0.3 is 9.72 Å². The molecule has 0 atom stereocenters. The topological polar surface area (TPSA) is 37.9 Å². The molecule has 0 bridgehead atoms. The molecule has 0 amide bonds. The average Bonchev–Trinajstić information content (AvgIpc) is 2.46. The van der Waals surface area contributed by atoms with Crippen molar-refractivity contribution in [1.29, 1.82) is 0 Å². The van der Waals surface area contributed by atoms with E-state index < -0.39 is 0 Å². The number of methoxy groups -OCH3 is 1. The number of fused-ring (bicyclic) bond motifs is 1. The molecule has 68 valence electrons. The van der Waals surface area contributed by atoms with Gasteiger partial charge in [-0.15, -0.1) is 0 Å². The highest BCUT2D eigenvalue weighted by Crippen LogP contribution is 2.22.